The summed E-state index contributed by atoms with van der Waals surface area (Å²) in [6.07, 6.45) is 0.442. The highest BCUT2D eigenvalue weighted by Crippen LogP contribution is 2.34. The Bertz CT molecular complexity index is 877. The van der Waals surface area contributed by atoms with Crippen molar-refractivity contribution in [1.29, 1.82) is 0 Å². The van der Waals surface area contributed by atoms with E-state index in [2.05, 4.69) is 0 Å². The molecular formula is C21H29NO7S. The van der Waals surface area contributed by atoms with Crippen molar-refractivity contribution in [3.63, 3.8) is 0 Å². The van der Waals surface area contributed by atoms with Gasteiger partial charge in [0.1, 0.15) is 5.60 Å². The minimum atomic E-state index is -3.32. The number of aliphatic carboxylic acids is 1. The van der Waals surface area contributed by atoms with Crippen molar-refractivity contribution >= 4 is 21.9 Å². The lowest BCUT2D eigenvalue weighted by Gasteiger charge is -2.34. The third-order valence-corrected chi connectivity index (χ3v) is 7.40. The van der Waals surface area contributed by atoms with Crippen LogP contribution in [0.4, 0.5) is 4.79 Å². The molecule has 0 spiro atoms. The Hall–Kier alpha value is -2.13. The Labute approximate surface area is 177 Å². The summed E-state index contributed by atoms with van der Waals surface area (Å²) in [7, 11) is -3.32. The van der Waals surface area contributed by atoms with Crippen LogP contribution in [0.25, 0.3) is 0 Å². The molecule has 30 heavy (non-hydrogen) atoms. The summed E-state index contributed by atoms with van der Waals surface area (Å²) < 4.78 is 35.8. The van der Waals surface area contributed by atoms with E-state index in [4.69, 9.17) is 9.47 Å². The average molecular weight is 440 g/mol. The molecule has 0 aromatic heterocycles. The van der Waals surface area contributed by atoms with Crippen molar-refractivity contribution in [1.82, 2.24) is 4.90 Å². The highest BCUT2D eigenvalue weighted by atomic mass is 32.2. The smallest absolute Gasteiger partial charge is 0.410 e. The molecule has 1 amide bonds. The first-order valence-corrected chi connectivity index (χ1v) is 11.7. The fourth-order valence-corrected chi connectivity index (χ4v) is 5.03. The van der Waals surface area contributed by atoms with Crippen LogP contribution in [0.15, 0.2) is 29.2 Å². The summed E-state index contributed by atoms with van der Waals surface area (Å²) in [5, 5.41) is 9.31. The van der Waals surface area contributed by atoms with E-state index in [9.17, 15) is 23.1 Å². The summed E-state index contributed by atoms with van der Waals surface area (Å²) in [6.45, 7) is 6.26. The third kappa shape index (κ3) is 5.51. The first-order chi connectivity index (χ1) is 14.0. The van der Waals surface area contributed by atoms with E-state index in [1.165, 1.54) is 24.3 Å². The number of sulfone groups is 1. The molecule has 1 N–H and O–H groups in total. The van der Waals surface area contributed by atoms with Gasteiger partial charge in [-0.05, 0) is 64.2 Å². The van der Waals surface area contributed by atoms with Crippen LogP contribution in [0.5, 0.6) is 0 Å². The van der Waals surface area contributed by atoms with Gasteiger partial charge < -0.3 is 19.5 Å². The first-order valence-electron chi connectivity index (χ1n) is 10.2. The lowest BCUT2D eigenvalue weighted by atomic mass is 10.1. The number of rotatable bonds is 6. The van der Waals surface area contributed by atoms with Gasteiger partial charge in [-0.1, -0.05) is 12.1 Å². The number of carboxylic acids is 1. The number of carboxylic acid groups (broad SMARTS) is 1. The number of benzene rings is 1. The van der Waals surface area contributed by atoms with Crippen LogP contribution >= 0.6 is 0 Å². The van der Waals surface area contributed by atoms with Gasteiger partial charge in [0.05, 0.1) is 16.2 Å². The largest absolute Gasteiger partial charge is 0.479 e. The van der Waals surface area contributed by atoms with Gasteiger partial charge in [-0.25, -0.2) is 18.0 Å². The maximum absolute atomic E-state index is 12.3. The van der Waals surface area contributed by atoms with Gasteiger partial charge in [-0.15, -0.1) is 0 Å². The molecule has 1 unspecified atom stereocenters. The fraction of sp³-hybridized carbons (Fsp3) is 0.619. The zero-order chi connectivity index (χ0) is 22.1. The Kier molecular flexibility index (Phi) is 6.43. The molecule has 9 heteroatoms. The zero-order valence-corrected chi connectivity index (χ0v) is 18.4. The highest BCUT2D eigenvalue weighted by molar-refractivity contribution is 7.92. The molecule has 2 aliphatic rings. The summed E-state index contributed by atoms with van der Waals surface area (Å²) in [4.78, 5) is 25.7. The molecule has 8 nitrogen and oxygen atoms in total. The molecule has 3 rings (SSSR count). The number of nitrogens with zero attached hydrogens (tertiary/aromatic N) is 1. The van der Waals surface area contributed by atoms with Gasteiger partial charge >= 0.3 is 12.1 Å². The van der Waals surface area contributed by atoms with Crippen molar-refractivity contribution < 1.29 is 32.6 Å². The normalized spacial score (nSPS) is 19.4. The van der Waals surface area contributed by atoms with Crippen LogP contribution < -0.4 is 0 Å². The van der Waals surface area contributed by atoms with Crippen LogP contribution in [0.3, 0.4) is 0 Å². The molecule has 1 saturated carbocycles. The molecule has 1 aliphatic heterocycles. The number of amides is 1. The van der Waals surface area contributed by atoms with E-state index in [0.717, 1.165) is 0 Å². The average Bonchev–Trinajstić information content (AvgIpc) is 3.51. The third-order valence-electron chi connectivity index (χ3n) is 5.12. The van der Waals surface area contributed by atoms with E-state index < -0.39 is 27.5 Å². The van der Waals surface area contributed by atoms with Gasteiger partial charge in [0, 0.05) is 13.1 Å². The molecule has 166 valence electrons. The van der Waals surface area contributed by atoms with E-state index in [1.807, 2.05) is 0 Å². The summed E-state index contributed by atoms with van der Waals surface area (Å²) in [5.41, 5.74) is -0.176. The lowest BCUT2D eigenvalue weighted by molar-refractivity contribution is -0.157. The Morgan fingerprint density at radius 2 is 1.63 bits per heavy atom. The summed E-state index contributed by atoms with van der Waals surface area (Å²) in [6, 6.07) is 5.91. The summed E-state index contributed by atoms with van der Waals surface area (Å²) in [5.74, 6) is -1.14. The Morgan fingerprint density at radius 3 is 2.10 bits per heavy atom. The lowest BCUT2D eigenvalue weighted by Crippen LogP contribution is -2.44. The van der Waals surface area contributed by atoms with E-state index in [0.29, 0.717) is 44.3 Å². The number of hydrogen-bond donors (Lipinski definition) is 1. The zero-order valence-electron chi connectivity index (χ0n) is 17.5. The van der Waals surface area contributed by atoms with Gasteiger partial charge in [-0.2, -0.15) is 0 Å². The van der Waals surface area contributed by atoms with Crippen LogP contribution in [0.2, 0.25) is 0 Å². The second-order valence-electron chi connectivity index (χ2n) is 8.83. The van der Waals surface area contributed by atoms with E-state index >= 15 is 0 Å². The number of hydrogen-bond acceptors (Lipinski definition) is 6. The quantitative estimate of drug-likeness (QED) is 0.725. The number of carbonyl (C=O) groups is 2. The Morgan fingerprint density at radius 1 is 1.07 bits per heavy atom. The van der Waals surface area contributed by atoms with Gasteiger partial charge in [0.15, 0.2) is 15.9 Å². The van der Waals surface area contributed by atoms with Crippen molar-refractivity contribution in [2.45, 2.75) is 74.4 Å². The second-order valence-corrected chi connectivity index (χ2v) is 11.1. The first kappa shape index (κ1) is 22.6. The predicted octanol–water partition coefficient (Wildman–Crippen LogP) is 3.16. The molecule has 0 radical (unpaired) electrons. The van der Waals surface area contributed by atoms with Crippen molar-refractivity contribution in [2.75, 3.05) is 13.1 Å². The summed E-state index contributed by atoms with van der Waals surface area (Å²) >= 11 is 0. The van der Waals surface area contributed by atoms with Crippen LogP contribution in [-0.4, -0.2) is 60.5 Å². The minimum absolute atomic E-state index is 0.212. The SMILES string of the molecule is CC(C)(C)OC(=O)N1CCC(OC(C(=O)O)c2ccc(S(=O)(=O)C3CC3)cc2)CC1. The molecular weight excluding hydrogens is 410 g/mol. The van der Waals surface area contributed by atoms with Gasteiger partial charge in [0.25, 0.3) is 0 Å². The molecule has 1 aromatic carbocycles. The minimum Gasteiger partial charge on any atom is -0.479 e. The highest BCUT2D eigenvalue weighted by Gasteiger charge is 2.37. The van der Waals surface area contributed by atoms with Crippen molar-refractivity contribution in [3.05, 3.63) is 29.8 Å². The van der Waals surface area contributed by atoms with Crippen molar-refractivity contribution in [2.24, 2.45) is 0 Å². The van der Waals surface area contributed by atoms with E-state index in [-0.39, 0.29) is 22.3 Å². The standard InChI is InChI=1S/C21H29NO7S/c1-21(2,3)29-20(25)22-12-10-15(11-13-22)28-18(19(23)24)14-4-6-16(7-5-14)30(26,27)17-8-9-17/h4-7,15,17-18H,8-13H2,1-3H3,(H,23,24). The van der Waals surface area contributed by atoms with Crippen LogP contribution in [-0.2, 0) is 24.1 Å². The topological polar surface area (TPSA) is 110 Å². The van der Waals surface area contributed by atoms with Crippen LogP contribution in [0.1, 0.15) is 58.1 Å². The van der Waals surface area contributed by atoms with E-state index in [1.54, 1.807) is 25.7 Å². The van der Waals surface area contributed by atoms with Gasteiger partial charge in [-0.3, -0.25) is 0 Å². The maximum atomic E-state index is 12.3. The molecule has 1 aromatic rings. The molecule has 1 heterocycles. The predicted molar refractivity (Wildman–Crippen MR) is 109 cm³/mol. The van der Waals surface area contributed by atoms with Crippen molar-refractivity contribution in [3.8, 4) is 0 Å². The Balaban J connectivity index is 1.60. The number of piperidine rings is 1. The van der Waals surface area contributed by atoms with Gasteiger partial charge in [0.2, 0.25) is 0 Å². The number of ether oxygens (including phenoxy) is 2. The number of carbonyl (C=O) groups excluding carboxylic acids is 1. The monoisotopic (exact) mass is 439 g/mol. The second kappa shape index (κ2) is 8.55. The molecule has 1 aliphatic carbocycles. The van der Waals surface area contributed by atoms with Crippen LogP contribution in [0, 0.1) is 0 Å². The molecule has 2 fully saturated rings. The fourth-order valence-electron chi connectivity index (χ4n) is 3.38. The number of likely N-dealkylation sites (tertiary alicyclic amines) is 1. The molecule has 1 atom stereocenters. The molecule has 0 bridgehead atoms. The maximum Gasteiger partial charge on any atom is 0.410 e. The molecule has 1 saturated heterocycles.